The molecule has 0 saturated carbocycles. The summed E-state index contributed by atoms with van der Waals surface area (Å²) in [6.45, 7) is 4.20. The first-order valence-electron chi connectivity index (χ1n) is 9.19. The molecule has 28 heavy (non-hydrogen) atoms. The van der Waals surface area contributed by atoms with Crippen molar-refractivity contribution in [2.45, 2.75) is 39.2 Å². The van der Waals surface area contributed by atoms with E-state index in [1.54, 1.807) is 12.4 Å². The fourth-order valence-corrected chi connectivity index (χ4v) is 3.38. The lowest BCUT2D eigenvalue weighted by atomic mass is 10.1. The fraction of sp³-hybridized carbons (Fsp3) is 0.300. The standard InChI is InChI=1S/C20H24N6OS/c1-3-4-5-12(2)27-18-11-25-17(10-26-18)15-9-24-16-7-6-13(8-14(15)16)19(21)28-20(22)23/h6-12,21,24H,3-5H2,1-2H3,(H3,22,23). The molecule has 0 bridgehead atoms. The minimum absolute atomic E-state index is 0.103. The number of thioether (sulfide) groups is 1. The summed E-state index contributed by atoms with van der Waals surface area (Å²) < 4.78 is 5.82. The van der Waals surface area contributed by atoms with Crippen molar-refractivity contribution >= 4 is 32.9 Å². The largest absolute Gasteiger partial charge is 0.474 e. The molecule has 1 atom stereocenters. The summed E-state index contributed by atoms with van der Waals surface area (Å²) in [5, 5.41) is 16.5. The highest BCUT2D eigenvalue weighted by Crippen LogP contribution is 2.29. The van der Waals surface area contributed by atoms with Gasteiger partial charge in [-0.25, -0.2) is 9.97 Å². The zero-order chi connectivity index (χ0) is 20.1. The molecule has 0 aliphatic heterocycles. The highest BCUT2D eigenvalue weighted by atomic mass is 32.2. The monoisotopic (exact) mass is 396 g/mol. The Kier molecular flexibility index (Phi) is 6.30. The van der Waals surface area contributed by atoms with E-state index in [0.29, 0.717) is 11.4 Å². The number of ether oxygens (including phenoxy) is 1. The van der Waals surface area contributed by atoms with Crippen molar-refractivity contribution in [3.05, 3.63) is 42.4 Å². The number of nitrogens with zero attached hydrogens (tertiary/aromatic N) is 2. The normalized spacial score (nSPS) is 12.1. The van der Waals surface area contributed by atoms with E-state index in [1.807, 2.05) is 31.3 Å². The van der Waals surface area contributed by atoms with Gasteiger partial charge in [-0.2, -0.15) is 0 Å². The molecule has 2 aromatic heterocycles. The van der Waals surface area contributed by atoms with E-state index in [1.165, 1.54) is 0 Å². The molecule has 146 valence electrons. The first-order chi connectivity index (χ1) is 13.5. The molecule has 7 nitrogen and oxygen atoms in total. The van der Waals surface area contributed by atoms with Crippen molar-refractivity contribution < 1.29 is 4.74 Å². The molecule has 3 rings (SSSR count). The van der Waals surface area contributed by atoms with Crippen LogP contribution in [0.5, 0.6) is 5.88 Å². The number of fused-ring (bicyclic) bond motifs is 1. The number of nitrogens with one attached hydrogen (secondary N) is 3. The van der Waals surface area contributed by atoms with E-state index in [9.17, 15) is 0 Å². The second kappa shape index (κ2) is 8.88. The Labute approximate surface area is 168 Å². The molecule has 0 spiro atoms. The quantitative estimate of drug-likeness (QED) is 0.345. The first kappa shape index (κ1) is 19.9. The van der Waals surface area contributed by atoms with Crippen molar-refractivity contribution in [2.75, 3.05) is 0 Å². The molecule has 0 saturated heterocycles. The minimum atomic E-state index is -0.103. The van der Waals surface area contributed by atoms with Crippen LogP contribution >= 0.6 is 11.8 Å². The Morgan fingerprint density at radius 3 is 2.79 bits per heavy atom. The van der Waals surface area contributed by atoms with E-state index in [4.69, 9.17) is 21.3 Å². The molecule has 1 unspecified atom stereocenters. The van der Waals surface area contributed by atoms with Gasteiger partial charge in [-0.15, -0.1) is 0 Å². The van der Waals surface area contributed by atoms with Crippen LogP contribution in [0.2, 0.25) is 0 Å². The van der Waals surface area contributed by atoms with Crippen molar-refractivity contribution in [2.24, 2.45) is 5.73 Å². The van der Waals surface area contributed by atoms with Gasteiger partial charge in [0.15, 0.2) is 5.17 Å². The summed E-state index contributed by atoms with van der Waals surface area (Å²) in [4.78, 5) is 12.1. The number of hydrogen-bond acceptors (Lipinski definition) is 6. The van der Waals surface area contributed by atoms with E-state index in [2.05, 4.69) is 21.9 Å². The third-order valence-corrected chi connectivity index (χ3v) is 5.01. The van der Waals surface area contributed by atoms with Gasteiger partial charge < -0.3 is 15.5 Å². The van der Waals surface area contributed by atoms with Gasteiger partial charge in [0, 0.05) is 28.2 Å². The summed E-state index contributed by atoms with van der Waals surface area (Å²) in [7, 11) is 0. The molecule has 5 N–H and O–H groups in total. The molecule has 0 aliphatic rings. The molecule has 1 aromatic carbocycles. The number of H-pyrrole nitrogens is 1. The second-order valence-corrected chi connectivity index (χ2v) is 7.62. The Morgan fingerprint density at radius 1 is 1.29 bits per heavy atom. The number of nitrogens with two attached hydrogens (primary N) is 1. The predicted octanol–water partition coefficient (Wildman–Crippen LogP) is 4.53. The Hall–Kier alpha value is -2.87. The SMILES string of the molecule is CCCCC(C)Oc1cnc(-c2c[nH]c3ccc(C(=N)SC(=N)N)cc23)cn1. The topological polar surface area (TPSA) is 125 Å². The summed E-state index contributed by atoms with van der Waals surface area (Å²) in [6.07, 6.45) is 8.60. The second-order valence-electron chi connectivity index (χ2n) is 6.57. The van der Waals surface area contributed by atoms with Crippen molar-refractivity contribution in [3.63, 3.8) is 0 Å². The number of aromatic amines is 1. The van der Waals surface area contributed by atoms with Gasteiger partial charge in [0.1, 0.15) is 5.04 Å². The highest BCUT2D eigenvalue weighted by Gasteiger charge is 2.12. The molecular weight excluding hydrogens is 372 g/mol. The van der Waals surface area contributed by atoms with E-state index in [-0.39, 0.29) is 16.3 Å². The van der Waals surface area contributed by atoms with E-state index < -0.39 is 0 Å². The van der Waals surface area contributed by atoms with E-state index in [0.717, 1.165) is 53.2 Å². The van der Waals surface area contributed by atoms with Crippen LogP contribution in [0.4, 0.5) is 0 Å². The maximum Gasteiger partial charge on any atom is 0.232 e. The first-order valence-corrected chi connectivity index (χ1v) is 10.0. The van der Waals surface area contributed by atoms with E-state index >= 15 is 0 Å². The van der Waals surface area contributed by atoms with Crippen LogP contribution in [-0.4, -0.2) is 31.3 Å². The van der Waals surface area contributed by atoms with Gasteiger partial charge in [-0.1, -0.05) is 25.8 Å². The number of benzene rings is 1. The Balaban J connectivity index is 1.83. The Bertz CT molecular complexity index is 982. The number of hydrogen-bond donors (Lipinski definition) is 4. The number of aromatic nitrogens is 3. The zero-order valence-corrected chi connectivity index (χ0v) is 16.8. The van der Waals surface area contributed by atoms with Gasteiger partial charge in [0.25, 0.3) is 0 Å². The molecule has 0 radical (unpaired) electrons. The van der Waals surface area contributed by atoms with Crippen molar-refractivity contribution in [3.8, 4) is 17.1 Å². The average Bonchev–Trinajstić information content (AvgIpc) is 3.09. The average molecular weight is 397 g/mol. The fourth-order valence-electron chi connectivity index (χ4n) is 2.92. The van der Waals surface area contributed by atoms with Crippen LogP contribution in [0.3, 0.4) is 0 Å². The zero-order valence-electron chi connectivity index (χ0n) is 16.0. The van der Waals surface area contributed by atoms with Crippen LogP contribution in [-0.2, 0) is 0 Å². The predicted molar refractivity (Wildman–Crippen MR) is 115 cm³/mol. The third-order valence-electron chi connectivity index (χ3n) is 4.35. The summed E-state index contributed by atoms with van der Waals surface area (Å²) >= 11 is 0.923. The molecule has 0 amide bonds. The number of amidine groups is 1. The van der Waals surface area contributed by atoms with Gasteiger partial charge in [-0.3, -0.25) is 10.8 Å². The lowest BCUT2D eigenvalue weighted by molar-refractivity contribution is 0.198. The molecule has 8 heteroatoms. The van der Waals surface area contributed by atoms with Crippen LogP contribution in [0.1, 0.15) is 38.7 Å². The van der Waals surface area contributed by atoms with Crippen molar-refractivity contribution in [1.82, 2.24) is 15.0 Å². The van der Waals surface area contributed by atoms with Gasteiger partial charge in [0.2, 0.25) is 5.88 Å². The van der Waals surface area contributed by atoms with Crippen molar-refractivity contribution in [1.29, 1.82) is 10.8 Å². The Morgan fingerprint density at radius 2 is 2.11 bits per heavy atom. The maximum absolute atomic E-state index is 8.09. The van der Waals surface area contributed by atoms with Crippen LogP contribution < -0.4 is 10.5 Å². The minimum Gasteiger partial charge on any atom is -0.474 e. The highest BCUT2D eigenvalue weighted by molar-refractivity contribution is 8.26. The van der Waals surface area contributed by atoms with Gasteiger partial charge in [-0.05, 0) is 37.2 Å². The van der Waals surface area contributed by atoms with Crippen LogP contribution in [0.15, 0.2) is 36.8 Å². The molecule has 0 fully saturated rings. The number of rotatable bonds is 7. The summed E-state index contributed by atoms with van der Waals surface area (Å²) in [5.74, 6) is 0.521. The summed E-state index contributed by atoms with van der Waals surface area (Å²) in [5.41, 5.74) is 8.65. The lowest BCUT2D eigenvalue weighted by Gasteiger charge is -2.13. The molecule has 3 aromatic rings. The lowest BCUT2D eigenvalue weighted by Crippen LogP contribution is -2.12. The maximum atomic E-state index is 8.09. The number of unbranched alkanes of at least 4 members (excludes halogenated alkanes) is 1. The van der Waals surface area contributed by atoms with Crippen LogP contribution in [0, 0.1) is 10.8 Å². The summed E-state index contributed by atoms with van der Waals surface area (Å²) in [6, 6.07) is 5.64. The smallest absolute Gasteiger partial charge is 0.232 e. The van der Waals surface area contributed by atoms with Gasteiger partial charge >= 0.3 is 0 Å². The van der Waals surface area contributed by atoms with Crippen LogP contribution in [0.25, 0.3) is 22.2 Å². The van der Waals surface area contributed by atoms with Gasteiger partial charge in [0.05, 0.1) is 24.2 Å². The molecule has 2 heterocycles. The third kappa shape index (κ3) is 4.69. The molecule has 0 aliphatic carbocycles. The molecular formula is C20H24N6OS.